The van der Waals surface area contributed by atoms with Crippen LogP contribution < -0.4 is 5.32 Å². The first-order chi connectivity index (χ1) is 12.8. The summed E-state index contributed by atoms with van der Waals surface area (Å²) in [5.74, 6) is -1.92. The Morgan fingerprint density at radius 2 is 1.85 bits per heavy atom. The van der Waals surface area contributed by atoms with Crippen LogP contribution in [0.15, 0.2) is 29.2 Å². The number of amides is 1. The lowest BCUT2D eigenvalue weighted by atomic mass is 10.2. The van der Waals surface area contributed by atoms with Crippen LogP contribution in [0.3, 0.4) is 0 Å². The molecule has 1 amide bonds. The molecule has 1 atom stereocenters. The van der Waals surface area contributed by atoms with E-state index >= 15 is 0 Å². The van der Waals surface area contributed by atoms with Crippen molar-refractivity contribution in [2.24, 2.45) is 0 Å². The van der Waals surface area contributed by atoms with Crippen LogP contribution in [-0.4, -0.2) is 62.9 Å². The van der Waals surface area contributed by atoms with Gasteiger partial charge in [0.2, 0.25) is 16.1 Å². The van der Waals surface area contributed by atoms with Crippen molar-refractivity contribution in [1.82, 2.24) is 9.62 Å². The maximum atomic E-state index is 12.4. The summed E-state index contributed by atoms with van der Waals surface area (Å²) in [7, 11) is -3.60. The third kappa shape index (κ3) is 5.04. The van der Waals surface area contributed by atoms with E-state index in [4.69, 9.17) is 4.74 Å². The fourth-order valence-corrected chi connectivity index (χ4v) is 3.99. The van der Waals surface area contributed by atoms with Crippen molar-refractivity contribution in [2.45, 2.75) is 31.3 Å². The Morgan fingerprint density at radius 1 is 1.22 bits per heavy atom. The highest BCUT2D eigenvalue weighted by Gasteiger charge is 2.30. The van der Waals surface area contributed by atoms with E-state index in [0.29, 0.717) is 19.5 Å². The Kier molecular flexibility index (Phi) is 6.92. The van der Waals surface area contributed by atoms with Crippen molar-refractivity contribution in [3.63, 3.8) is 0 Å². The topological polar surface area (TPSA) is 119 Å². The zero-order valence-corrected chi connectivity index (χ0v) is 16.0. The van der Waals surface area contributed by atoms with Gasteiger partial charge in [-0.25, -0.2) is 13.2 Å². The second-order valence-electron chi connectivity index (χ2n) is 5.73. The Bertz CT molecular complexity index is 801. The molecule has 9 nitrogen and oxygen atoms in total. The van der Waals surface area contributed by atoms with E-state index in [1.807, 2.05) is 0 Å². The summed E-state index contributed by atoms with van der Waals surface area (Å²) >= 11 is 0. The molecule has 1 aliphatic heterocycles. The molecule has 1 heterocycles. The van der Waals surface area contributed by atoms with Gasteiger partial charge in [-0.1, -0.05) is 13.8 Å². The van der Waals surface area contributed by atoms with E-state index in [1.54, 1.807) is 13.8 Å². The molecule has 0 spiro atoms. The molecular formula is C17H22N2O7S. The normalized spacial score (nSPS) is 16.9. The number of cyclic esters (lactones) is 1. The highest BCUT2D eigenvalue weighted by atomic mass is 32.2. The van der Waals surface area contributed by atoms with Crippen molar-refractivity contribution in [3.8, 4) is 0 Å². The summed E-state index contributed by atoms with van der Waals surface area (Å²) in [6.07, 6.45) is -0.639. The minimum absolute atomic E-state index is 0.0851. The van der Waals surface area contributed by atoms with E-state index in [1.165, 1.54) is 28.6 Å². The molecule has 148 valence electrons. The Hall–Kier alpha value is -2.46. The molecule has 1 aliphatic rings. The molecule has 1 fully saturated rings. The lowest BCUT2D eigenvalue weighted by molar-refractivity contribution is -0.159. The first-order valence-electron chi connectivity index (χ1n) is 8.54. The molecule has 1 N–H and O–H groups in total. The average Bonchev–Trinajstić information content (AvgIpc) is 3.05. The van der Waals surface area contributed by atoms with Gasteiger partial charge in [0, 0.05) is 25.1 Å². The molecule has 2 rings (SSSR count). The molecule has 1 aromatic rings. The lowest BCUT2D eigenvalue weighted by Crippen LogP contribution is -2.33. The van der Waals surface area contributed by atoms with Crippen LogP contribution in [0.1, 0.15) is 30.6 Å². The molecule has 1 saturated heterocycles. The zero-order chi connectivity index (χ0) is 20.0. The quantitative estimate of drug-likeness (QED) is 0.626. The lowest BCUT2D eigenvalue weighted by Gasteiger charge is -2.18. The monoisotopic (exact) mass is 398 g/mol. The zero-order valence-electron chi connectivity index (χ0n) is 15.1. The van der Waals surface area contributed by atoms with Crippen LogP contribution in [-0.2, 0) is 29.1 Å². The van der Waals surface area contributed by atoms with Gasteiger partial charge in [-0.3, -0.25) is 9.59 Å². The van der Waals surface area contributed by atoms with Crippen molar-refractivity contribution in [3.05, 3.63) is 29.8 Å². The largest absolute Gasteiger partial charge is 0.463 e. The van der Waals surface area contributed by atoms with Crippen LogP contribution in [0.4, 0.5) is 0 Å². The molecule has 10 heteroatoms. The number of benzene rings is 1. The van der Waals surface area contributed by atoms with Crippen LogP contribution in [0.2, 0.25) is 0 Å². The third-order valence-electron chi connectivity index (χ3n) is 4.01. The predicted molar refractivity (Wildman–Crippen MR) is 94.3 cm³/mol. The van der Waals surface area contributed by atoms with Gasteiger partial charge in [-0.2, -0.15) is 4.31 Å². The molecule has 0 saturated carbocycles. The average molecular weight is 398 g/mol. The summed E-state index contributed by atoms with van der Waals surface area (Å²) in [4.78, 5) is 35.1. The van der Waals surface area contributed by atoms with E-state index in [0.717, 1.165) is 0 Å². The maximum Gasteiger partial charge on any atom is 0.347 e. The number of carbonyl (C=O) groups excluding carboxylic acids is 3. The number of carbonyl (C=O) groups is 3. The predicted octanol–water partition coefficient (Wildman–Crippen LogP) is 0.306. The molecule has 0 bridgehead atoms. The first kappa shape index (κ1) is 20.8. The van der Waals surface area contributed by atoms with E-state index in [-0.39, 0.29) is 17.1 Å². The summed E-state index contributed by atoms with van der Waals surface area (Å²) in [5, 5.41) is 2.37. The molecule has 27 heavy (non-hydrogen) atoms. The number of ether oxygens (including phenoxy) is 2. The molecule has 1 aromatic carbocycles. The number of esters is 2. The first-order valence-corrected chi connectivity index (χ1v) is 9.98. The minimum Gasteiger partial charge on any atom is -0.463 e. The Balaban J connectivity index is 1.93. The molecule has 0 unspecified atom stereocenters. The summed E-state index contributed by atoms with van der Waals surface area (Å²) in [5.41, 5.74) is 0.196. The van der Waals surface area contributed by atoms with Crippen LogP contribution >= 0.6 is 0 Å². The van der Waals surface area contributed by atoms with Crippen LogP contribution in [0, 0.1) is 0 Å². The van der Waals surface area contributed by atoms with Crippen LogP contribution in [0.25, 0.3) is 0 Å². The van der Waals surface area contributed by atoms with Gasteiger partial charge in [-0.05, 0) is 24.3 Å². The van der Waals surface area contributed by atoms with Crippen molar-refractivity contribution in [1.29, 1.82) is 0 Å². The fraction of sp³-hybridized carbons (Fsp3) is 0.471. The summed E-state index contributed by atoms with van der Waals surface area (Å²) < 4.78 is 35.7. The van der Waals surface area contributed by atoms with Gasteiger partial charge < -0.3 is 14.8 Å². The second-order valence-corrected chi connectivity index (χ2v) is 7.67. The molecular weight excluding hydrogens is 376 g/mol. The number of sulfonamides is 1. The Morgan fingerprint density at radius 3 is 2.37 bits per heavy atom. The highest BCUT2D eigenvalue weighted by Crippen LogP contribution is 2.16. The standard InChI is InChI=1S/C17H22N2O7S/c1-3-19(4-2)27(23,24)13-7-5-12(6-8-13)16(21)18-11-15(20)26-14-9-10-25-17(14)22/h5-8,14H,3-4,9-11H2,1-2H3,(H,18,21)/t14-/m1/s1. The second kappa shape index (κ2) is 8.96. The third-order valence-corrected chi connectivity index (χ3v) is 6.08. The minimum atomic E-state index is -3.60. The van der Waals surface area contributed by atoms with E-state index < -0.39 is 40.5 Å². The summed E-state index contributed by atoms with van der Waals surface area (Å²) in [6.45, 7) is 3.96. The number of nitrogens with zero attached hydrogens (tertiary/aromatic N) is 1. The maximum absolute atomic E-state index is 12.4. The smallest absolute Gasteiger partial charge is 0.347 e. The highest BCUT2D eigenvalue weighted by molar-refractivity contribution is 7.89. The van der Waals surface area contributed by atoms with E-state index in [9.17, 15) is 22.8 Å². The van der Waals surface area contributed by atoms with Crippen LogP contribution in [0.5, 0.6) is 0 Å². The summed E-state index contributed by atoms with van der Waals surface area (Å²) in [6, 6.07) is 5.42. The van der Waals surface area contributed by atoms with Gasteiger partial charge >= 0.3 is 11.9 Å². The molecule has 0 aromatic heterocycles. The van der Waals surface area contributed by atoms with Gasteiger partial charge in [0.1, 0.15) is 6.54 Å². The number of hydrogen-bond acceptors (Lipinski definition) is 7. The number of nitrogens with one attached hydrogen (secondary N) is 1. The SMILES string of the molecule is CCN(CC)S(=O)(=O)c1ccc(C(=O)NCC(=O)O[C@@H]2CCOC2=O)cc1. The number of hydrogen-bond donors (Lipinski definition) is 1. The van der Waals surface area contributed by atoms with Gasteiger partial charge in [0.05, 0.1) is 11.5 Å². The van der Waals surface area contributed by atoms with Gasteiger partial charge in [-0.15, -0.1) is 0 Å². The molecule has 0 radical (unpaired) electrons. The fourth-order valence-electron chi connectivity index (χ4n) is 2.53. The van der Waals surface area contributed by atoms with Gasteiger partial charge in [0.25, 0.3) is 5.91 Å². The number of rotatable bonds is 8. The van der Waals surface area contributed by atoms with Crippen molar-refractivity contribution in [2.75, 3.05) is 26.2 Å². The van der Waals surface area contributed by atoms with Gasteiger partial charge in [0.15, 0.2) is 0 Å². The Labute approximate surface area is 157 Å². The van der Waals surface area contributed by atoms with E-state index in [2.05, 4.69) is 10.1 Å². The van der Waals surface area contributed by atoms with Crippen molar-refractivity contribution >= 4 is 27.9 Å². The molecule has 0 aliphatic carbocycles. The van der Waals surface area contributed by atoms with Crippen molar-refractivity contribution < 1.29 is 32.3 Å².